The number of hydrogen-bond acceptors (Lipinski definition) is 2. The normalized spacial score (nSPS) is 27.8. The van der Waals surface area contributed by atoms with Crippen molar-refractivity contribution >= 4 is 5.91 Å². The quantitative estimate of drug-likeness (QED) is 0.548. The van der Waals surface area contributed by atoms with Crippen molar-refractivity contribution in [3.8, 4) is 0 Å². The Kier molecular flexibility index (Phi) is 7.08. The number of alkyl halides is 2. The summed E-state index contributed by atoms with van der Waals surface area (Å²) in [5.74, 6) is -1.45. The van der Waals surface area contributed by atoms with Crippen molar-refractivity contribution in [2.75, 3.05) is 6.54 Å². The number of rotatable bonds is 9. The zero-order valence-electron chi connectivity index (χ0n) is 16.8. The van der Waals surface area contributed by atoms with Crippen LogP contribution in [0.1, 0.15) is 64.2 Å². The first-order valence-corrected chi connectivity index (χ1v) is 10.8. The van der Waals surface area contributed by atoms with E-state index < -0.39 is 5.92 Å². The minimum atomic E-state index is -2.45. The van der Waals surface area contributed by atoms with E-state index in [4.69, 9.17) is 0 Å². The molecule has 3 fully saturated rings. The molecule has 0 aromatic carbocycles. The predicted octanol–water partition coefficient (Wildman–Crippen LogP) is 4.91. The van der Waals surface area contributed by atoms with E-state index in [9.17, 15) is 13.6 Å². The van der Waals surface area contributed by atoms with Gasteiger partial charge in [0.05, 0.1) is 6.42 Å². The Hall–Kier alpha value is -1.49. The molecule has 0 unspecified atom stereocenters. The average molecular weight is 393 g/mol. The molecule has 5 heteroatoms. The molecule has 0 aromatic heterocycles. The van der Waals surface area contributed by atoms with Gasteiger partial charge in [-0.15, -0.1) is 0 Å². The van der Waals surface area contributed by atoms with Crippen LogP contribution in [0.25, 0.3) is 0 Å². The predicted molar refractivity (Wildman–Crippen MR) is 109 cm³/mol. The number of nitrogens with one attached hydrogen (secondary N) is 2. The van der Waals surface area contributed by atoms with Crippen molar-refractivity contribution in [2.45, 2.75) is 82.2 Å². The molecule has 0 heterocycles. The van der Waals surface area contributed by atoms with E-state index >= 15 is 0 Å². The van der Waals surface area contributed by atoms with Gasteiger partial charge in [0, 0.05) is 24.9 Å². The lowest BCUT2D eigenvalue weighted by Gasteiger charge is -2.29. The van der Waals surface area contributed by atoms with E-state index in [0.29, 0.717) is 37.1 Å². The molecule has 0 aliphatic heterocycles. The number of carbonyl (C=O) groups is 1. The Morgan fingerprint density at radius 2 is 1.68 bits per heavy atom. The maximum Gasteiger partial charge on any atom is 0.248 e. The van der Waals surface area contributed by atoms with E-state index in [0.717, 1.165) is 37.0 Å². The van der Waals surface area contributed by atoms with Crippen LogP contribution >= 0.6 is 0 Å². The van der Waals surface area contributed by atoms with Crippen molar-refractivity contribution in [3.05, 3.63) is 36.5 Å². The maximum absolute atomic E-state index is 13.2. The lowest BCUT2D eigenvalue weighted by molar-refractivity contribution is -0.121. The third kappa shape index (κ3) is 6.84. The first-order valence-electron chi connectivity index (χ1n) is 10.8. The molecule has 0 radical (unpaired) electrons. The van der Waals surface area contributed by atoms with Gasteiger partial charge in [0.2, 0.25) is 11.8 Å². The number of carbonyl (C=O) groups excluding carboxylic acids is 1. The fourth-order valence-corrected chi connectivity index (χ4v) is 4.29. The van der Waals surface area contributed by atoms with Crippen LogP contribution in [0.4, 0.5) is 8.78 Å². The molecule has 1 amide bonds. The molecule has 2 N–H and O–H groups in total. The molecule has 0 saturated heterocycles. The molecule has 156 valence electrons. The van der Waals surface area contributed by atoms with E-state index in [1.807, 2.05) is 12.2 Å². The molecule has 0 aromatic rings. The van der Waals surface area contributed by atoms with E-state index in [2.05, 4.69) is 23.8 Å². The average Bonchev–Trinajstić information content (AvgIpc) is 3.40. The fraction of sp³-hybridized carbons (Fsp3) is 0.696. The van der Waals surface area contributed by atoms with Gasteiger partial charge in [-0.25, -0.2) is 8.78 Å². The van der Waals surface area contributed by atoms with E-state index in [-0.39, 0.29) is 24.8 Å². The van der Waals surface area contributed by atoms with Gasteiger partial charge in [-0.3, -0.25) is 4.79 Å². The summed E-state index contributed by atoms with van der Waals surface area (Å²) >= 11 is 0. The second-order valence-corrected chi connectivity index (χ2v) is 9.00. The standard InChI is InChI=1S/C23H34F2N2O/c1-16(3-4-17(2)19-5-6-19)13-22(28)27-21-8-7-20(14-21)26-15-18-9-11-23(24,25)12-10-18/h3-4,18-21,26H,1-2,5-15H2,(H,27,28)/b4-3-/t20-,21-/m0/s1. The summed E-state index contributed by atoms with van der Waals surface area (Å²) in [7, 11) is 0. The highest BCUT2D eigenvalue weighted by atomic mass is 19.3. The molecule has 3 nitrogen and oxygen atoms in total. The van der Waals surface area contributed by atoms with Gasteiger partial charge < -0.3 is 10.6 Å². The van der Waals surface area contributed by atoms with Crippen LogP contribution in [0.3, 0.4) is 0 Å². The SMILES string of the molecule is C=C(/C=C\C(=C)C1CC1)CC(=O)N[C@H]1CC[C@H](NCC2CCC(F)(F)CC2)C1. The second kappa shape index (κ2) is 9.34. The van der Waals surface area contributed by atoms with E-state index in [1.54, 1.807) is 0 Å². The first kappa shape index (κ1) is 21.2. The van der Waals surface area contributed by atoms with Gasteiger partial charge in [-0.2, -0.15) is 0 Å². The molecular weight excluding hydrogens is 358 g/mol. The molecule has 3 aliphatic rings. The Morgan fingerprint density at radius 3 is 2.36 bits per heavy atom. The van der Waals surface area contributed by atoms with Crippen LogP contribution in [0.2, 0.25) is 0 Å². The summed E-state index contributed by atoms with van der Waals surface area (Å²) in [5, 5.41) is 6.65. The minimum absolute atomic E-state index is 0.0202. The number of allylic oxidation sites excluding steroid dienone is 3. The van der Waals surface area contributed by atoms with Crippen LogP contribution in [0.5, 0.6) is 0 Å². The van der Waals surface area contributed by atoms with Crippen molar-refractivity contribution in [1.82, 2.24) is 10.6 Å². The highest BCUT2D eigenvalue weighted by Crippen LogP contribution is 2.36. The van der Waals surface area contributed by atoms with Crippen LogP contribution in [0.15, 0.2) is 36.5 Å². The monoisotopic (exact) mass is 392 g/mol. The van der Waals surface area contributed by atoms with Crippen LogP contribution < -0.4 is 10.6 Å². The Morgan fingerprint density at radius 1 is 1.00 bits per heavy atom. The molecule has 28 heavy (non-hydrogen) atoms. The summed E-state index contributed by atoms with van der Waals surface area (Å²) in [6, 6.07) is 0.566. The van der Waals surface area contributed by atoms with Crippen LogP contribution in [-0.2, 0) is 4.79 Å². The number of hydrogen-bond donors (Lipinski definition) is 2. The molecular formula is C23H34F2N2O. The smallest absolute Gasteiger partial charge is 0.248 e. The molecule has 3 rings (SSSR count). The van der Waals surface area contributed by atoms with Crippen molar-refractivity contribution < 1.29 is 13.6 Å². The largest absolute Gasteiger partial charge is 0.353 e. The van der Waals surface area contributed by atoms with Crippen molar-refractivity contribution in [1.29, 1.82) is 0 Å². The van der Waals surface area contributed by atoms with Gasteiger partial charge in [-0.1, -0.05) is 30.9 Å². The summed E-state index contributed by atoms with van der Waals surface area (Å²) in [4.78, 5) is 12.3. The number of amides is 1. The summed E-state index contributed by atoms with van der Waals surface area (Å²) in [6.07, 6.45) is 10.8. The first-order chi connectivity index (χ1) is 13.3. The zero-order valence-corrected chi connectivity index (χ0v) is 16.8. The molecule has 3 aliphatic carbocycles. The Bertz CT molecular complexity index is 614. The minimum Gasteiger partial charge on any atom is -0.353 e. The second-order valence-electron chi connectivity index (χ2n) is 9.00. The summed E-state index contributed by atoms with van der Waals surface area (Å²) in [5.41, 5.74) is 1.94. The molecule has 2 atom stereocenters. The highest BCUT2D eigenvalue weighted by Gasteiger charge is 2.35. The van der Waals surface area contributed by atoms with E-state index in [1.165, 1.54) is 12.8 Å². The van der Waals surface area contributed by atoms with Gasteiger partial charge in [0.15, 0.2) is 0 Å². The van der Waals surface area contributed by atoms with Crippen LogP contribution in [0, 0.1) is 11.8 Å². The third-order valence-corrected chi connectivity index (χ3v) is 6.35. The topological polar surface area (TPSA) is 41.1 Å². The Labute approximate surface area is 167 Å². The molecule has 0 bridgehead atoms. The summed E-state index contributed by atoms with van der Waals surface area (Å²) in [6.45, 7) is 8.83. The fourth-order valence-electron chi connectivity index (χ4n) is 4.29. The lowest BCUT2D eigenvalue weighted by Crippen LogP contribution is -2.37. The molecule has 3 saturated carbocycles. The van der Waals surface area contributed by atoms with Crippen LogP contribution in [-0.4, -0.2) is 30.5 Å². The van der Waals surface area contributed by atoms with Crippen molar-refractivity contribution in [3.63, 3.8) is 0 Å². The van der Waals surface area contributed by atoms with Gasteiger partial charge in [-0.05, 0) is 68.9 Å². The number of halogens is 2. The van der Waals surface area contributed by atoms with Gasteiger partial charge in [0.1, 0.15) is 0 Å². The Balaban J connectivity index is 1.30. The van der Waals surface area contributed by atoms with Gasteiger partial charge in [0.25, 0.3) is 0 Å². The highest BCUT2D eigenvalue weighted by molar-refractivity contribution is 5.79. The lowest BCUT2D eigenvalue weighted by atomic mass is 9.86. The maximum atomic E-state index is 13.2. The van der Waals surface area contributed by atoms with Crippen molar-refractivity contribution in [2.24, 2.45) is 11.8 Å². The third-order valence-electron chi connectivity index (χ3n) is 6.35. The molecule has 0 spiro atoms. The zero-order chi connectivity index (χ0) is 20.1. The van der Waals surface area contributed by atoms with Gasteiger partial charge >= 0.3 is 0 Å². The summed E-state index contributed by atoms with van der Waals surface area (Å²) < 4.78 is 26.5.